The first kappa shape index (κ1) is 17.5. The second kappa shape index (κ2) is 8.71. The predicted molar refractivity (Wildman–Crippen MR) is 92.0 cm³/mol. The lowest BCUT2D eigenvalue weighted by atomic mass is 10.1. The smallest absolute Gasteiger partial charge is 0.191 e. The summed E-state index contributed by atoms with van der Waals surface area (Å²) in [5, 5.41) is 10.4. The van der Waals surface area contributed by atoms with Gasteiger partial charge in [0.2, 0.25) is 0 Å². The van der Waals surface area contributed by atoms with E-state index in [4.69, 9.17) is 8.94 Å². The van der Waals surface area contributed by atoms with Crippen LogP contribution in [0.25, 0.3) is 0 Å². The average Bonchev–Trinajstić information content (AvgIpc) is 3.06. The van der Waals surface area contributed by atoms with Crippen LogP contribution < -0.4 is 10.6 Å². The van der Waals surface area contributed by atoms with Crippen molar-refractivity contribution in [3.8, 4) is 0 Å². The summed E-state index contributed by atoms with van der Waals surface area (Å²) in [5.41, 5.74) is 3.19. The molecule has 0 bridgehead atoms. The van der Waals surface area contributed by atoms with Crippen LogP contribution in [0.1, 0.15) is 22.6 Å². The third-order valence-corrected chi connectivity index (χ3v) is 3.11. The van der Waals surface area contributed by atoms with E-state index in [-0.39, 0.29) is 24.0 Å². The van der Waals surface area contributed by atoms with Gasteiger partial charge in [-0.3, -0.25) is 4.99 Å². The van der Waals surface area contributed by atoms with Gasteiger partial charge in [-0.2, -0.15) is 0 Å². The van der Waals surface area contributed by atoms with Gasteiger partial charge >= 0.3 is 0 Å². The van der Waals surface area contributed by atoms with Crippen molar-refractivity contribution < 1.29 is 8.94 Å². The minimum Gasteiger partial charge on any atom is -0.472 e. The highest BCUT2D eigenvalue weighted by Gasteiger charge is 2.08. The molecule has 116 valence electrons. The van der Waals surface area contributed by atoms with Gasteiger partial charge in [0, 0.05) is 31.3 Å². The Hall–Kier alpha value is -1.51. The lowest BCUT2D eigenvalue weighted by Gasteiger charge is -2.10. The van der Waals surface area contributed by atoms with Gasteiger partial charge in [0.15, 0.2) is 5.96 Å². The van der Waals surface area contributed by atoms with Crippen LogP contribution in [-0.4, -0.2) is 24.7 Å². The number of aliphatic imine (C=N–C) groups is 1. The Balaban J connectivity index is 0.00000220. The van der Waals surface area contributed by atoms with E-state index in [0.717, 1.165) is 41.5 Å². The normalized spacial score (nSPS) is 11.1. The molecule has 0 amide bonds. The quantitative estimate of drug-likeness (QED) is 0.455. The van der Waals surface area contributed by atoms with Crippen molar-refractivity contribution in [1.29, 1.82) is 0 Å². The van der Waals surface area contributed by atoms with Crippen molar-refractivity contribution in [3.05, 3.63) is 41.2 Å². The highest BCUT2D eigenvalue weighted by atomic mass is 127. The van der Waals surface area contributed by atoms with Crippen LogP contribution in [0.15, 0.2) is 32.5 Å². The Morgan fingerprint density at radius 3 is 2.71 bits per heavy atom. The lowest BCUT2D eigenvalue weighted by molar-refractivity contribution is 0.392. The summed E-state index contributed by atoms with van der Waals surface area (Å²) in [6, 6.07) is 1.92. The molecule has 0 aliphatic carbocycles. The Morgan fingerprint density at radius 1 is 1.33 bits per heavy atom. The summed E-state index contributed by atoms with van der Waals surface area (Å²) < 4.78 is 10.2. The Kier molecular flexibility index (Phi) is 7.27. The lowest BCUT2D eigenvalue weighted by Crippen LogP contribution is -2.37. The van der Waals surface area contributed by atoms with Crippen molar-refractivity contribution in [2.45, 2.75) is 26.8 Å². The maximum atomic E-state index is 5.14. The minimum atomic E-state index is 0. The standard InChI is InChI=1S/C14H20N4O2.HI/c1-10-13(11(2)20-18-10)4-6-16-14(15-3)17-8-12-5-7-19-9-12;/h5,7,9H,4,6,8H2,1-3H3,(H2,15,16,17);1H. The van der Waals surface area contributed by atoms with Gasteiger partial charge in [-0.1, -0.05) is 5.16 Å². The first-order valence-corrected chi connectivity index (χ1v) is 6.58. The predicted octanol–water partition coefficient (Wildman–Crippen LogP) is 2.41. The van der Waals surface area contributed by atoms with Crippen molar-refractivity contribution >= 4 is 29.9 Å². The van der Waals surface area contributed by atoms with Gasteiger partial charge in [0.25, 0.3) is 0 Å². The fraction of sp³-hybridized carbons (Fsp3) is 0.429. The highest BCUT2D eigenvalue weighted by molar-refractivity contribution is 14.0. The van der Waals surface area contributed by atoms with Crippen LogP contribution in [0.4, 0.5) is 0 Å². The molecule has 2 heterocycles. The molecule has 0 saturated carbocycles. The second-order valence-electron chi connectivity index (χ2n) is 4.54. The molecule has 2 N–H and O–H groups in total. The fourth-order valence-corrected chi connectivity index (χ4v) is 1.96. The molecule has 0 aliphatic heterocycles. The van der Waals surface area contributed by atoms with Crippen LogP contribution >= 0.6 is 24.0 Å². The molecule has 21 heavy (non-hydrogen) atoms. The molecule has 7 heteroatoms. The molecule has 0 unspecified atom stereocenters. The van der Waals surface area contributed by atoms with Gasteiger partial charge in [0.1, 0.15) is 5.76 Å². The van der Waals surface area contributed by atoms with Crippen molar-refractivity contribution in [3.63, 3.8) is 0 Å². The topological polar surface area (TPSA) is 75.6 Å². The molecule has 0 atom stereocenters. The molecule has 0 spiro atoms. The number of hydrogen-bond donors (Lipinski definition) is 2. The van der Waals surface area contributed by atoms with Crippen molar-refractivity contribution in [2.75, 3.05) is 13.6 Å². The molecule has 2 aromatic rings. The summed E-state index contributed by atoms with van der Waals surface area (Å²) in [6.07, 6.45) is 4.22. The number of aryl methyl sites for hydroxylation is 2. The zero-order valence-corrected chi connectivity index (χ0v) is 14.8. The van der Waals surface area contributed by atoms with E-state index in [1.807, 2.05) is 19.9 Å². The SMILES string of the molecule is CN=C(NCCc1c(C)noc1C)NCc1ccoc1.I. The Bertz CT molecular complexity index is 544. The number of nitrogens with zero attached hydrogens (tertiary/aromatic N) is 2. The molecule has 2 rings (SSSR count). The summed E-state index contributed by atoms with van der Waals surface area (Å²) >= 11 is 0. The van der Waals surface area contributed by atoms with E-state index < -0.39 is 0 Å². The van der Waals surface area contributed by atoms with Gasteiger partial charge in [-0.05, 0) is 26.3 Å². The minimum absolute atomic E-state index is 0. The summed E-state index contributed by atoms with van der Waals surface area (Å²) in [5.74, 6) is 1.64. The average molecular weight is 404 g/mol. The fourth-order valence-electron chi connectivity index (χ4n) is 1.96. The van der Waals surface area contributed by atoms with Crippen LogP contribution in [0.5, 0.6) is 0 Å². The van der Waals surface area contributed by atoms with Crippen LogP contribution in [0, 0.1) is 13.8 Å². The maximum absolute atomic E-state index is 5.14. The monoisotopic (exact) mass is 404 g/mol. The summed E-state index contributed by atoms with van der Waals surface area (Å²) in [7, 11) is 1.75. The summed E-state index contributed by atoms with van der Waals surface area (Å²) in [6.45, 7) is 5.34. The van der Waals surface area contributed by atoms with E-state index >= 15 is 0 Å². The molecular weight excluding hydrogens is 383 g/mol. The van der Waals surface area contributed by atoms with E-state index in [9.17, 15) is 0 Å². The number of halogens is 1. The molecule has 0 radical (unpaired) electrons. The van der Waals surface area contributed by atoms with Crippen molar-refractivity contribution in [1.82, 2.24) is 15.8 Å². The highest BCUT2D eigenvalue weighted by Crippen LogP contribution is 2.11. The zero-order chi connectivity index (χ0) is 14.4. The summed E-state index contributed by atoms with van der Waals surface area (Å²) in [4.78, 5) is 4.18. The molecule has 0 aliphatic rings. The van der Waals surface area contributed by atoms with E-state index in [2.05, 4.69) is 20.8 Å². The van der Waals surface area contributed by atoms with E-state index in [1.54, 1.807) is 19.6 Å². The van der Waals surface area contributed by atoms with Gasteiger partial charge in [-0.15, -0.1) is 24.0 Å². The Morgan fingerprint density at radius 2 is 2.14 bits per heavy atom. The van der Waals surface area contributed by atoms with Gasteiger partial charge in [-0.25, -0.2) is 0 Å². The molecule has 0 saturated heterocycles. The molecule has 6 nitrogen and oxygen atoms in total. The molecule has 2 aromatic heterocycles. The number of furan rings is 1. The zero-order valence-electron chi connectivity index (χ0n) is 12.5. The van der Waals surface area contributed by atoms with Gasteiger partial charge < -0.3 is 19.6 Å². The van der Waals surface area contributed by atoms with Crippen LogP contribution in [0.2, 0.25) is 0 Å². The third-order valence-electron chi connectivity index (χ3n) is 3.11. The first-order valence-electron chi connectivity index (χ1n) is 6.58. The number of nitrogens with one attached hydrogen (secondary N) is 2. The largest absolute Gasteiger partial charge is 0.472 e. The van der Waals surface area contributed by atoms with E-state index in [1.165, 1.54) is 0 Å². The number of guanidine groups is 1. The maximum Gasteiger partial charge on any atom is 0.191 e. The number of rotatable bonds is 5. The molecule has 0 fully saturated rings. The molecular formula is C14H21IN4O2. The number of hydrogen-bond acceptors (Lipinski definition) is 4. The first-order chi connectivity index (χ1) is 9.70. The second-order valence-corrected chi connectivity index (χ2v) is 4.54. The van der Waals surface area contributed by atoms with Crippen LogP contribution in [0.3, 0.4) is 0 Å². The van der Waals surface area contributed by atoms with Crippen molar-refractivity contribution in [2.24, 2.45) is 4.99 Å². The number of aromatic nitrogens is 1. The van der Waals surface area contributed by atoms with Crippen LogP contribution in [-0.2, 0) is 13.0 Å². The van der Waals surface area contributed by atoms with Gasteiger partial charge in [0.05, 0.1) is 18.2 Å². The Labute approximate surface area is 141 Å². The third kappa shape index (κ3) is 5.07. The van der Waals surface area contributed by atoms with E-state index in [0.29, 0.717) is 6.54 Å². The molecule has 0 aromatic carbocycles.